The molecule has 0 aliphatic carbocycles. The zero-order valence-corrected chi connectivity index (χ0v) is 17.0. The van der Waals surface area contributed by atoms with Gasteiger partial charge >= 0.3 is 0 Å². The molecule has 2 aromatic rings. The van der Waals surface area contributed by atoms with E-state index in [0.29, 0.717) is 5.69 Å². The summed E-state index contributed by atoms with van der Waals surface area (Å²) in [4.78, 5) is 20.1. The predicted octanol–water partition coefficient (Wildman–Crippen LogP) is 3.34. The Kier molecular flexibility index (Phi) is 9.10. The van der Waals surface area contributed by atoms with E-state index in [-0.39, 0.29) is 10.8 Å². The molecule has 0 unspecified atom stereocenters. The maximum Gasteiger partial charge on any atom is 0.289 e. The summed E-state index contributed by atoms with van der Waals surface area (Å²) in [6.45, 7) is 4.89. The summed E-state index contributed by atoms with van der Waals surface area (Å²) in [5, 5.41) is 13.6. The molecule has 0 radical (unpaired) electrons. The van der Waals surface area contributed by atoms with Gasteiger partial charge in [-0.05, 0) is 24.6 Å². The number of nitrogens with zero attached hydrogens (tertiary/aromatic N) is 2. The number of hydrogen-bond donors (Lipinski definition) is 1. The number of nitro groups is 1. The number of hydrogen-bond acceptors (Lipinski definition) is 5. The standard InChI is InChI=1S/C13H12N2O4S.C4H7NO.C2H6/c1-14(11-7-3-2-4-8-11)20(18,19)13-10-6-5-9-12(13)15(16)17;6-4-2-1-3-5-4;1-2/h2-10H,1H3;1-3H2,(H,5,6);1-2H3. The average molecular weight is 407 g/mol. The average Bonchev–Trinajstić information content (AvgIpc) is 3.21. The Labute approximate surface area is 165 Å². The number of carbonyl (C=O) groups is 1. The number of para-hydroxylation sites is 2. The van der Waals surface area contributed by atoms with Crippen LogP contribution in [0.3, 0.4) is 0 Å². The van der Waals surface area contributed by atoms with Gasteiger partial charge in [0.25, 0.3) is 15.7 Å². The molecular formula is C19H25N3O5S. The SMILES string of the molecule is CC.CN(c1ccccc1)S(=O)(=O)c1ccccc1[N+](=O)[O-].O=C1CCCN1. The van der Waals surface area contributed by atoms with Crippen molar-refractivity contribution >= 4 is 27.3 Å². The number of anilines is 1. The first kappa shape index (κ1) is 23.1. The fourth-order valence-electron chi connectivity index (χ4n) is 2.32. The monoisotopic (exact) mass is 407 g/mol. The number of benzene rings is 2. The molecule has 1 saturated heterocycles. The molecule has 152 valence electrons. The highest BCUT2D eigenvalue weighted by molar-refractivity contribution is 7.93. The van der Waals surface area contributed by atoms with E-state index in [2.05, 4.69) is 5.32 Å². The van der Waals surface area contributed by atoms with Crippen LogP contribution in [0.1, 0.15) is 26.7 Å². The number of nitro benzene ring substituents is 1. The second-order valence-corrected chi connectivity index (χ2v) is 7.42. The van der Waals surface area contributed by atoms with Gasteiger partial charge in [0.2, 0.25) is 5.91 Å². The quantitative estimate of drug-likeness (QED) is 0.617. The highest BCUT2D eigenvalue weighted by atomic mass is 32.2. The van der Waals surface area contributed by atoms with Crippen LogP contribution in [0.25, 0.3) is 0 Å². The van der Waals surface area contributed by atoms with Crippen LogP contribution < -0.4 is 9.62 Å². The van der Waals surface area contributed by atoms with Crippen LogP contribution in [0.5, 0.6) is 0 Å². The molecule has 3 rings (SSSR count). The Hall–Kier alpha value is -2.94. The van der Waals surface area contributed by atoms with Crippen LogP contribution in [-0.4, -0.2) is 32.8 Å². The van der Waals surface area contributed by atoms with Crippen LogP contribution >= 0.6 is 0 Å². The zero-order valence-electron chi connectivity index (χ0n) is 16.2. The van der Waals surface area contributed by atoms with Gasteiger partial charge in [-0.3, -0.25) is 19.2 Å². The molecule has 1 heterocycles. The molecule has 8 nitrogen and oxygen atoms in total. The predicted molar refractivity (Wildman–Crippen MR) is 109 cm³/mol. The van der Waals surface area contributed by atoms with Gasteiger partial charge in [0, 0.05) is 26.1 Å². The van der Waals surface area contributed by atoms with Gasteiger partial charge < -0.3 is 5.32 Å². The first-order valence-corrected chi connectivity index (χ1v) is 10.3. The molecule has 1 N–H and O–H groups in total. The number of nitrogens with one attached hydrogen (secondary N) is 1. The highest BCUT2D eigenvalue weighted by Gasteiger charge is 2.29. The molecule has 9 heteroatoms. The molecule has 0 atom stereocenters. The molecule has 0 saturated carbocycles. The summed E-state index contributed by atoms with van der Waals surface area (Å²) >= 11 is 0. The van der Waals surface area contributed by atoms with E-state index in [1.807, 2.05) is 13.8 Å². The molecule has 28 heavy (non-hydrogen) atoms. The molecule has 0 aromatic heterocycles. The number of rotatable bonds is 4. The van der Waals surface area contributed by atoms with Gasteiger partial charge in [-0.1, -0.05) is 44.2 Å². The van der Waals surface area contributed by atoms with Gasteiger partial charge in [-0.15, -0.1) is 0 Å². The van der Waals surface area contributed by atoms with E-state index >= 15 is 0 Å². The minimum atomic E-state index is -3.98. The van der Waals surface area contributed by atoms with Gasteiger partial charge in [0.15, 0.2) is 4.90 Å². The molecule has 1 fully saturated rings. The Bertz CT molecular complexity index is 877. The Morgan fingerprint density at radius 2 is 1.61 bits per heavy atom. The lowest BCUT2D eigenvalue weighted by atomic mass is 10.3. The van der Waals surface area contributed by atoms with Crippen LogP contribution in [-0.2, 0) is 14.8 Å². The van der Waals surface area contributed by atoms with Gasteiger partial charge in [-0.2, -0.15) is 0 Å². The second-order valence-electron chi connectivity index (χ2n) is 5.49. The first-order valence-electron chi connectivity index (χ1n) is 8.88. The Morgan fingerprint density at radius 1 is 1.04 bits per heavy atom. The lowest BCUT2D eigenvalue weighted by molar-refractivity contribution is -0.387. The normalized spacial score (nSPS) is 12.6. The van der Waals surface area contributed by atoms with E-state index in [1.165, 1.54) is 31.3 Å². The van der Waals surface area contributed by atoms with E-state index in [9.17, 15) is 23.3 Å². The van der Waals surface area contributed by atoms with Crippen molar-refractivity contribution in [2.75, 3.05) is 17.9 Å². The third-order valence-corrected chi connectivity index (χ3v) is 5.56. The van der Waals surface area contributed by atoms with E-state index in [1.54, 1.807) is 30.3 Å². The molecule has 1 amide bonds. The van der Waals surface area contributed by atoms with Gasteiger partial charge in [0.1, 0.15) is 0 Å². The van der Waals surface area contributed by atoms with Crippen molar-refractivity contribution in [1.82, 2.24) is 5.32 Å². The minimum absolute atomic E-state index is 0.204. The van der Waals surface area contributed by atoms with Crippen molar-refractivity contribution in [3.05, 3.63) is 64.7 Å². The van der Waals surface area contributed by atoms with Crippen LogP contribution in [0, 0.1) is 10.1 Å². The lowest BCUT2D eigenvalue weighted by Gasteiger charge is -2.19. The summed E-state index contributed by atoms with van der Waals surface area (Å²) in [6.07, 6.45) is 1.76. The smallest absolute Gasteiger partial charge is 0.289 e. The molecule has 1 aliphatic heterocycles. The third kappa shape index (κ3) is 6.05. The topological polar surface area (TPSA) is 110 Å². The maximum absolute atomic E-state index is 12.5. The van der Waals surface area contributed by atoms with Crippen molar-refractivity contribution in [2.24, 2.45) is 0 Å². The summed E-state index contributed by atoms with van der Waals surface area (Å²) < 4.78 is 26.0. The van der Waals surface area contributed by atoms with Crippen molar-refractivity contribution < 1.29 is 18.1 Å². The van der Waals surface area contributed by atoms with Gasteiger partial charge in [-0.25, -0.2) is 8.42 Å². The Morgan fingerprint density at radius 3 is 2.07 bits per heavy atom. The van der Waals surface area contributed by atoms with Crippen molar-refractivity contribution in [1.29, 1.82) is 0 Å². The van der Waals surface area contributed by atoms with Crippen LogP contribution in [0.15, 0.2) is 59.5 Å². The number of sulfonamides is 1. The van der Waals surface area contributed by atoms with Crippen molar-refractivity contribution in [3.8, 4) is 0 Å². The van der Waals surface area contributed by atoms with Crippen molar-refractivity contribution in [3.63, 3.8) is 0 Å². The summed E-state index contributed by atoms with van der Waals surface area (Å²) in [5.74, 6) is 0.204. The molecular weight excluding hydrogens is 382 g/mol. The number of amides is 1. The molecule has 2 aromatic carbocycles. The summed E-state index contributed by atoms with van der Waals surface area (Å²) in [5.41, 5.74) is 0.000863. The van der Waals surface area contributed by atoms with Crippen LogP contribution in [0.4, 0.5) is 11.4 Å². The number of carbonyl (C=O) groups excluding carboxylic acids is 1. The highest BCUT2D eigenvalue weighted by Crippen LogP contribution is 2.28. The fourth-order valence-corrected chi connectivity index (χ4v) is 3.67. The molecule has 1 aliphatic rings. The first-order chi connectivity index (χ1) is 13.3. The Balaban J connectivity index is 0.000000411. The summed E-state index contributed by atoms with van der Waals surface area (Å²) in [6, 6.07) is 13.7. The second kappa shape index (κ2) is 11.0. The molecule has 0 bridgehead atoms. The maximum atomic E-state index is 12.5. The van der Waals surface area contributed by atoms with E-state index < -0.39 is 20.6 Å². The largest absolute Gasteiger partial charge is 0.356 e. The lowest BCUT2D eigenvalue weighted by Crippen LogP contribution is -2.27. The van der Waals surface area contributed by atoms with Crippen LogP contribution in [0.2, 0.25) is 0 Å². The fraction of sp³-hybridized carbons (Fsp3) is 0.316. The van der Waals surface area contributed by atoms with E-state index in [0.717, 1.165) is 23.7 Å². The minimum Gasteiger partial charge on any atom is -0.356 e. The summed E-state index contributed by atoms with van der Waals surface area (Å²) in [7, 11) is -2.61. The van der Waals surface area contributed by atoms with Gasteiger partial charge in [0.05, 0.1) is 10.6 Å². The zero-order chi connectivity index (χ0) is 21.2. The van der Waals surface area contributed by atoms with Crippen molar-refractivity contribution in [2.45, 2.75) is 31.6 Å². The third-order valence-electron chi connectivity index (χ3n) is 3.72. The molecule has 0 spiro atoms. The van der Waals surface area contributed by atoms with E-state index in [4.69, 9.17) is 0 Å².